The summed E-state index contributed by atoms with van der Waals surface area (Å²) in [7, 11) is 0. The molecule has 2 aromatic carbocycles. The van der Waals surface area contributed by atoms with E-state index in [1.54, 1.807) is 30.3 Å². The monoisotopic (exact) mass is 410 g/mol. The molecule has 0 heterocycles. The Kier molecular flexibility index (Phi) is 7.19. The summed E-state index contributed by atoms with van der Waals surface area (Å²) in [6.07, 6.45) is 0.336. The molecule has 2 aromatic rings. The second kappa shape index (κ2) is 9.24. The Balaban J connectivity index is 2.47. The minimum Gasteiger partial charge on any atom is -0.426 e. The van der Waals surface area contributed by atoms with Gasteiger partial charge in [-0.25, -0.2) is 4.79 Å². The Bertz CT molecular complexity index is 969. The van der Waals surface area contributed by atoms with Crippen LogP contribution in [0.15, 0.2) is 36.4 Å². The van der Waals surface area contributed by atoms with Crippen LogP contribution >= 0.6 is 0 Å². The van der Waals surface area contributed by atoms with Crippen LogP contribution in [0.5, 0.6) is 11.5 Å². The number of hydrogen-bond acceptors (Lipinski definition) is 5. The van der Waals surface area contributed by atoms with E-state index in [2.05, 4.69) is 0 Å². The highest BCUT2D eigenvalue weighted by molar-refractivity contribution is 5.95. The summed E-state index contributed by atoms with van der Waals surface area (Å²) in [6.45, 7) is 12.9. The predicted molar refractivity (Wildman–Crippen MR) is 116 cm³/mol. The van der Waals surface area contributed by atoms with Gasteiger partial charge in [0.25, 0.3) is 0 Å². The maximum Gasteiger partial charge on any atom is 0.347 e. The van der Waals surface area contributed by atoms with E-state index < -0.39 is 17.4 Å². The number of ether oxygens (including phenoxy) is 2. The van der Waals surface area contributed by atoms with Crippen LogP contribution in [0, 0.1) is 19.8 Å². The molecule has 0 unspecified atom stereocenters. The van der Waals surface area contributed by atoms with Gasteiger partial charge >= 0.3 is 11.9 Å². The van der Waals surface area contributed by atoms with Crippen LogP contribution in [-0.2, 0) is 15.0 Å². The van der Waals surface area contributed by atoms with Crippen molar-refractivity contribution < 1.29 is 23.9 Å². The predicted octanol–water partition coefficient (Wildman–Crippen LogP) is 5.34. The average molecular weight is 411 g/mol. The summed E-state index contributed by atoms with van der Waals surface area (Å²) in [5.74, 6) is -0.499. The second-order valence-corrected chi connectivity index (χ2v) is 8.62. The molecule has 0 spiro atoms. The first-order valence-electron chi connectivity index (χ1n) is 10.1. The molecule has 30 heavy (non-hydrogen) atoms. The molecular weight excluding hydrogens is 380 g/mol. The molecule has 5 heteroatoms. The number of esters is 2. The fourth-order valence-electron chi connectivity index (χ4n) is 3.64. The van der Waals surface area contributed by atoms with Crippen molar-refractivity contribution >= 4 is 17.7 Å². The van der Waals surface area contributed by atoms with E-state index in [-0.39, 0.29) is 23.0 Å². The van der Waals surface area contributed by atoms with Crippen LogP contribution in [0.1, 0.15) is 68.1 Å². The Hall–Kier alpha value is -2.95. The molecule has 0 aliphatic carbocycles. The first-order chi connectivity index (χ1) is 13.9. The maximum absolute atomic E-state index is 13.0. The van der Waals surface area contributed by atoms with Crippen molar-refractivity contribution in [2.24, 2.45) is 5.92 Å². The van der Waals surface area contributed by atoms with Crippen LogP contribution < -0.4 is 9.47 Å². The molecule has 0 amide bonds. The molecule has 0 radical (unpaired) electrons. The number of carbonyl (C=O) groups is 3. The number of carbonyl (C=O) groups excluding carboxylic acids is 3. The van der Waals surface area contributed by atoms with E-state index in [1.165, 1.54) is 6.92 Å². The van der Waals surface area contributed by atoms with Crippen LogP contribution in [-0.4, -0.2) is 17.7 Å². The van der Waals surface area contributed by atoms with Gasteiger partial charge in [-0.05, 0) is 43.2 Å². The van der Waals surface area contributed by atoms with Crippen molar-refractivity contribution in [3.8, 4) is 11.5 Å². The van der Waals surface area contributed by atoms with Crippen LogP contribution in [0.4, 0.5) is 0 Å². The number of rotatable bonds is 7. The highest BCUT2D eigenvalue weighted by Crippen LogP contribution is 2.39. The molecular formula is C25H30O5. The van der Waals surface area contributed by atoms with Gasteiger partial charge in [0.15, 0.2) is 0 Å². The SMILES string of the molecule is CC(=O)Oc1ccccc1C(=O)Oc1cc(C)cc(C)c1C(C)(C)CC(=O)C(C)C. The lowest BCUT2D eigenvalue weighted by molar-refractivity contribution is -0.132. The normalized spacial score (nSPS) is 11.3. The standard InChI is InChI=1S/C25H30O5/c1-15(2)20(27)14-25(6,7)23-17(4)12-16(3)13-22(23)30-24(28)19-10-8-9-11-21(19)29-18(5)26/h8-13,15H,14H2,1-7H3. The minimum absolute atomic E-state index is 0.0726. The summed E-state index contributed by atoms with van der Waals surface area (Å²) in [6, 6.07) is 10.3. The Morgan fingerprint density at radius 3 is 2.20 bits per heavy atom. The summed E-state index contributed by atoms with van der Waals surface area (Å²) in [4.78, 5) is 36.8. The average Bonchev–Trinajstić information content (AvgIpc) is 2.60. The molecule has 0 fully saturated rings. The van der Waals surface area contributed by atoms with Crippen molar-refractivity contribution in [2.75, 3.05) is 0 Å². The summed E-state index contributed by atoms with van der Waals surface area (Å²) < 4.78 is 10.9. The van der Waals surface area contributed by atoms with Gasteiger partial charge in [-0.3, -0.25) is 9.59 Å². The fraction of sp³-hybridized carbons (Fsp3) is 0.400. The fourth-order valence-corrected chi connectivity index (χ4v) is 3.64. The number of hydrogen-bond donors (Lipinski definition) is 0. The third-order valence-electron chi connectivity index (χ3n) is 4.94. The molecule has 0 bridgehead atoms. The van der Waals surface area contributed by atoms with Gasteiger partial charge in [-0.15, -0.1) is 0 Å². The van der Waals surface area contributed by atoms with Gasteiger partial charge in [0.1, 0.15) is 22.8 Å². The molecule has 0 atom stereocenters. The first-order valence-corrected chi connectivity index (χ1v) is 10.1. The summed E-state index contributed by atoms with van der Waals surface area (Å²) >= 11 is 0. The van der Waals surface area contributed by atoms with E-state index in [0.717, 1.165) is 16.7 Å². The number of ketones is 1. The highest BCUT2D eigenvalue weighted by atomic mass is 16.5. The summed E-state index contributed by atoms with van der Waals surface area (Å²) in [5.41, 5.74) is 2.35. The van der Waals surface area contributed by atoms with Crippen LogP contribution in [0.3, 0.4) is 0 Å². The number of benzene rings is 2. The smallest absolute Gasteiger partial charge is 0.347 e. The molecule has 0 saturated carbocycles. The van der Waals surface area contributed by atoms with Crippen molar-refractivity contribution in [1.29, 1.82) is 0 Å². The molecule has 2 rings (SSSR count). The zero-order chi connectivity index (χ0) is 22.6. The zero-order valence-electron chi connectivity index (χ0n) is 18.8. The van der Waals surface area contributed by atoms with E-state index in [1.807, 2.05) is 47.6 Å². The van der Waals surface area contributed by atoms with E-state index in [0.29, 0.717) is 12.2 Å². The lowest BCUT2D eigenvalue weighted by Crippen LogP contribution is -2.27. The maximum atomic E-state index is 13.0. The van der Waals surface area contributed by atoms with E-state index >= 15 is 0 Å². The van der Waals surface area contributed by atoms with Crippen molar-refractivity contribution in [2.45, 2.75) is 60.3 Å². The lowest BCUT2D eigenvalue weighted by Gasteiger charge is -2.29. The topological polar surface area (TPSA) is 69.7 Å². The van der Waals surface area contributed by atoms with Gasteiger partial charge in [-0.1, -0.05) is 45.9 Å². The second-order valence-electron chi connectivity index (χ2n) is 8.62. The zero-order valence-corrected chi connectivity index (χ0v) is 18.8. The quantitative estimate of drug-likeness (QED) is 0.455. The molecule has 0 saturated heterocycles. The van der Waals surface area contributed by atoms with E-state index in [9.17, 15) is 14.4 Å². The van der Waals surface area contributed by atoms with Gasteiger partial charge in [-0.2, -0.15) is 0 Å². The Labute approximate surface area is 178 Å². The minimum atomic E-state index is -0.621. The van der Waals surface area contributed by atoms with Crippen molar-refractivity contribution in [3.63, 3.8) is 0 Å². The molecule has 160 valence electrons. The highest BCUT2D eigenvalue weighted by Gasteiger charge is 2.31. The van der Waals surface area contributed by atoms with E-state index in [4.69, 9.17) is 9.47 Å². The molecule has 0 aliphatic heterocycles. The van der Waals surface area contributed by atoms with Gasteiger partial charge in [0.05, 0.1) is 0 Å². The van der Waals surface area contributed by atoms with Gasteiger partial charge < -0.3 is 9.47 Å². The largest absolute Gasteiger partial charge is 0.426 e. The van der Waals surface area contributed by atoms with Crippen LogP contribution in [0.2, 0.25) is 0 Å². The number of para-hydroxylation sites is 1. The van der Waals surface area contributed by atoms with Gasteiger partial charge in [0.2, 0.25) is 0 Å². The van der Waals surface area contributed by atoms with Gasteiger partial charge in [0, 0.05) is 30.2 Å². The number of Topliss-reactive ketones (excluding diaryl/α,β-unsaturated/α-hetero) is 1. The Morgan fingerprint density at radius 2 is 1.60 bits per heavy atom. The van der Waals surface area contributed by atoms with Crippen molar-refractivity contribution in [1.82, 2.24) is 0 Å². The Morgan fingerprint density at radius 1 is 0.967 bits per heavy atom. The van der Waals surface area contributed by atoms with Crippen molar-refractivity contribution in [3.05, 3.63) is 58.7 Å². The van der Waals surface area contributed by atoms with Crippen LogP contribution in [0.25, 0.3) is 0 Å². The first kappa shape index (κ1) is 23.3. The molecule has 5 nitrogen and oxygen atoms in total. The third-order valence-corrected chi connectivity index (χ3v) is 4.94. The molecule has 0 N–H and O–H groups in total. The summed E-state index contributed by atoms with van der Waals surface area (Å²) in [5, 5.41) is 0. The molecule has 0 aromatic heterocycles. The lowest BCUT2D eigenvalue weighted by atomic mass is 9.76. The molecule has 0 aliphatic rings. The number of aryl methyl sites for hydroxylation is 2. The third kappa shape index (κ3) is 5.56.